The number of methoxy groups -OCH3 is 1. The molecular weight excluding hydrogens is 328 g/mol. The molecule has 5 heteroatoms. The van der Waals surface area contributed by atoms with Gasteiger partial charge in [-0.1, -0.05) is 36.4 Å². The summed E-state index contributed by atoms with van der Waals surface area (Å²) in [5.74, 6) is 0.178. The van der Waals surface area contributed by atoms with Gasteiger partial charge in [0.05, 0.1) is 25.3 Å². The summed E-state index contributed by atoms with van der Waals surface area (Å²) in [6.07, 6.45) is 3.86. The largest absolute Gasteiger partial charge is 0.465 e. The van der Waals surface area contributed by atoms with E-state index in [1.54, 1.807) is 24.4 Å². The number of carbonyl (C=O) groups is 1. The van der Waals surface area contributed by atoms with Crippen LogP contribution in [0.2, 0.25) is 0 Å². The second-order valence-electron chi connectivity index (χ2n) is 6.61. The minimum Gasteiger partial charge on any atom is -0.465 e. The van der Waals surface area contributed by atoms with Gasteiger partial charge in [-0.3, -0.25) is 4.99 Å². The van der Waals surface area contributed by atoms with Gasteiger partial charge < -0.3 is 15.2 Å². The minimum absolute atomic E-state index is 0.319. The molecule has 2 aromatic rings. The van der Waals surface area contributed by atoms with Crippen LogP contribution in [0.25, 0.3) is 0 Å². The van der Waals surface area contributed by atoms with Gasteiger partial charge in [0.15, 0.2) is 0 Å². The normalized spacial score (nSPS) is 19.3. The first kappa shape index (κ1) is 18.1. The predicted molar refractivity (Wildman–Crippen MR) is 102 cm³/mol. The Labute approximate surface area is 153 Å². The molecule has 136 valence electrons. The highest BCUT2D eigenvalue weighted by Crippen LogP contribution is 2.30. The van der Waals surface area contributed by atoms with Gasteiger partial charge in [-0.25, -0.2) is 4.79 Å². The standard InChI is InChI=1S/C21H24N2O3/c1-25-21(24)17-7-8-18(20(22)11-17)12-23-19-9-16(10-19)14-26-13-15-5-3-2-4-6-15/h2-8,11-12,16,19H,9-10,13-14,22H2,1H3. The molecule has 1 fully saturated rings. The summed E-state index contributed by atoms with van der Waals surface area (Å²) in [7, 11) is 1.35. The minimum atomic E-state index is -0.391. The van der Waals surface area contributed by atoms with Gasteiger partial charge in [0.2, 0.25) is 0 Å². The number of esters is 1. The highest BCUT2D eigenvalue weighted by Gasteiger charge is 2.28. The summed E-state index contributed by atoms with van der Waals surface area (Å²) < 4.78 is 10.5. The van der Waals surface area contributed by atoms with E-state index in [9.17, 15) is 4.79 Å². The predicted octanol–water partition coefficient (Wildman–Crippen LogP) is 3.47. The number of nitrogens with zero attached hydrogens (tertiary/aromatic N) is 1. The van der Waals surface area contributed by atoms with Crippen LogP contribution in [0.15, 0.2) is 53.5 Å². The summed E-state index contributed by atoms with van der Waals surface area (Å²) in [5, 5.41) is 0. The molecule has 0 saturated heterocycles. The maximum atomic E-state index is 11.5. The number of ether oxygens (including phenoxy) is 2. The molecule has 1 aliphatic carbocycles. The van der Waals surface area contributed by atoms with Crippen molar-refractivity contribution in [3.8, 4) is 0 Å². The number of carbonyl (C=O) groups excluding carboxylic acids is 1. The topological polar surface area (TPSA) is 73.9 Å². The molecule has 2 N–H and O–H groups in total. The van der Waals surface area contributed by atoms with Crippen LogP contribution in [0.1, 0.15) is 34.3 Å². The average molecular weight is 352 g/mol. The van der Waals surface area contributed by atoms with Crippen molar-refractivity contribution in [2.75, 3.05) is 19.5 Å². The third kappa shape index (κ3) is 4.70. The van der Waals surface area contributed by atoms with E-state index in [0.717, 1.165) is 25.0 Å². The number of anilines is 1. The maximum Gasteiger partial charge on any atom is 0.337 e. The summed E-state index contributed by atoms with van der Waals surface area (Å²) >= 11 is 0. The van der Waals surface area contributed by atoms with Gasteiger partial charge >= 0.3 is 5.97 Å². The summed E-state index contributed by atoms with van der Waals surface area (Å²) in [6.45, 7) is 1.44. The third-order valence-electron chi connectivity index (χ3n) is 4.61. The van der Waals surface area contributed by atoms with Crippen molar-refractivity contribution in [3.63, 3.8) is 0 Å². The first-order valence-electron chi connectivity index (χ1n) is 8.78. The molecule has 0 unspecified atom stereocenters. The van der Waals surface area contributed by atoms with E-state index in [4.69, 9.17) is 10.5 Å². The number of hydrogen-bond donors (Lipinski definition) is 1. The summed E-state index contributed by atoms with van der Waals surface area (Å²) in [4.78, 5) is 16.1. The van der Waals surface area contributed by atoms with Gasteiger partial charge in [-0.15, -0.1) is 0 Å². The van der Waals surface area contributed by atoms with E-state index in [2.05, 4.69) is 21.9 Å². The molecule has 5 nitrogen and oxygen atoms in total. The van der Waals surface area contributed by atoms with Crippen molar-refractivity contribution in [1.82, 2.24) is 0 Å². The maximum absolute atomic E-state index is 11.5. The summed E-state index contributed by atoms with van der Waals surface area (Å²) in [5.41, 5.74) is 8.98. The lowest BCUT2D eigenvalue weighted by molar-refractivity contribution is 0.0524. The number of rotatable bonds is 7. The zero-order valence-corrected chi connectivity index (χ0v) is 14.9. The first-order valence-corrected chi connectivity index (χ1v) is 8.78. The summed E-state index contributed by atoms with van der Waals surface area (Å²) in [6, 6.07) is 15.6. The van der Waals surface area contributed by atoms with Gasteiger partial charge in [-0.05, 0) is 36.5 Å². The quantitative estimate of drug-likeness (QED) is 0.470. The fourth-order valence-electron chi connectivity index (χ4n) is 3.00. The zero-order chi connectivity index (χ0) is 18.4. The molecule has 2 aromatic carbocycles. The number of nitrogen functional groups attached to an aromatic ring is 1. The number of nitrogens with two attached hydrogens (primary N) is 1. The van der Waals surface area contributed by atoms with Crippen LogP contribution in [0.4, 0.5) is 5.69 Å². The molecule has 0 atom stereocenters. The lowest BCUT2D eigenvalue weighted by Crippen LogP contribution is -2.30. The molecule has 26 heavy (non-hydrogen) atoms. The van der Waals surface area contributed by atoms with Crippen LogP contribution in [-0.4, -0.2) is 31.9 Å². The smallest absolute Gasteiger partial charge is 0.337 e. The highest BCUT2D eigenvalue weighted by atomic mass is 16.5. The molecule has 0 bridgehead atoms. The van der Waals surface area contributed by atoms with Crippen molar-refractivity contribution in [3.05, 3.63) is 65.2 Å². The third-order valence-corrected chi connectivity index (χ3v) is 4.61. The van der Waals surface area contributed by atoms with Crippen LogP contribution >= 0.6 is 0 Å². The van der Waals surface area contributed by atoms with Crippen LogP contribution < -0.4 is 5.73 Å². The zero-order valence-electron chi connectivity index (χ0n) is 14.9. The van der Waals surface area contributed by atoms with E-state index in [1.807, 2.05) is 18.2 Å². The fraction of sp³-hybridized carbons (Fsp3) is 0.333. The van der Waals surface area contributed by atoms with Gasteiger partial charge in [0, 0.05) is 24.1 Å². The van der Waals surface area contributed by atoms with Crippen molar-refractivity contribution in [2.45, 2.75) is 25.5 Å². The highest BCUT2D eigenvalue weighted by molar-refractivity contribution is 5.94. The van der Waals surface area contributed by atoms with Crippen LogP contribution in [0.3, 0.4) is 0 Å². The Hall–Kier alpha value is -2.66. The molecule has 0 amide bonds. The lowest BCUT2D eigenvalue weighted by Gasteiger charge is -2.32. The van der Waals surface area contributed by atoms with Crippen LogP contribution in [0.5, 0.6) is 0 Å². The molecule has 0 spiro atoms. The second kappa shape index (κ2) is 8.63. The van der Waals surface area contributed by atoms with E-state index < -0.39 is 5.97 Å². The van der Waals surface area contributed by atoms with Crippen molar-refractivity contribution in [2.24, 2.45) is 10.9 Å². The molecule has 0 heterocycles. The van der Waals surface area contributed by atoms with Gasteiger partial charge in [-0.2, -0.15) is 0 Å². The average Bonchev–Trinajstić information content (AvgIpc) is 2.63. The van der Waals surface area contributed by atoms with E-state index in [-0.39, 0.29) is 0 Å². The Balaban J connectivity index is 1.42. The SMILES string of the molecule is COC(=O)c1ccc(C=NC2CC(COCc3ccccc3)C2)c(N)c1. The Morgan fingerprint density at radius 3 is 2.69 bits per heavy atom. The van der Waals surface area contributed by atoms with Gasteiger partial charge in [0.1, 0.15) is 0 Å². The molecule has 0 radical (unpaired) electrons. The first-order chi connectivity index (χ1) is 12.7. The Morgan fingerprint density at radius 2 is 2.00 bits per heavy atom. The number of aliphatic imine (C=N–C) groups is 1. The molecule has 1 saturated carbocycles. The van der Waals surface area contributed by atoms with E-state index >= 15 is 0 Å². The van der Waals surface area contributed by atoms with E-state index in [0.29, 0.717) is 29.8 Å². The molecule has 0 aliphatic heterocycles. The number of benzene rings is 2. The van der Waals surface area contributed by atoms with Crippen molar-refractivity contribution in [1.29, 1.82) is 0 Å². The van der Waals surface area contributed by atoms with E-state index in [1.165, 1.54) is 12.7 Å². The van der Waals surface area contributed by atoms with Crippen molar-refractivity contribution < 1.29 is 14.3 Å². The van der Waals surface area contributed by atoms with Crippen LogP contribution in [0, 0.1) is 5.92 Å². The number of hydrogen-bond acceptors (Lipinski definition) is 5. The van der Waals surface area contributed by atoms with Crippen molar-refractivity contribution >= 4 is 17.9 Å². The molecule has 0 aromatic heterocycles. The van der Waals surface area contributed by atoms with Gasteiger partial charge in [0.25, 0.3) is 0 Å². The Kier molecular flexibility index (Phi) is 6.02. The molecule has 1 aliphatic rings. The van der Waals surface area contributed by atoms with Crippen LogP contribution in [-0.2, 0) is 16.1 Å². The molecular formula is C21H24N2O3. The second-order valence-corrected chi connectivity index (χ2v) is 6.61. The Bertz CT molecular complexity index is 768. The molecule has 3 rings (SSSR count). The Morgan fingerprint density at radius 1 is 1.23 bits per heavy atom. The fourth-order valence-corrected chi connectivity index (χ4v) is 3.00. The lowest BCUT2D eigenvalue weighted by atomic mass is 9.81. The monoisotopic (exact) mass is 352 g/mol.